The van der Waals surface area contributed by atoms with E-state index in [0.717, 1.165) is 11.0 Å². The van der Waals surface area contributed by atoms with Gasteiger partial charge >= 0.3 is 0 Å². The number of hydrogen-bond acceptors (Lipinski definition) is 4. The molecule has 0 saturated heterocycles. The maximum absolute atomic E-state index is 12.1. The van der Waals surface area contributed by atoms with Crippen LogP contribution in [-0.4, -0.2) is 26.5 Å². The lowest BCUT2D eigenvalue weighted by Crippen LogP contribution is -2.05. The zero-order valence-electron chi connectivity index (χ0n) is 11.2. The van der Waals surface area contributed by atoms with E-state index in [1.807, 2.05) is 6.07 Å². The van der Waals surface area contributed by atoms with Crippen molar-refractivity contribution in [2.24, 2.45) is 0 Å². The van der Waals surface area contributed by atoms with E-state index in [1.165, 1.54) is 0 Å². The normalized spacial score (nSPS) is 10.7. The molecule has 0 radical (unpaired) electrons. The Morgan fingerprint density at radius 2 is 1.67 bits per heavy atom. The summed E-state index contributed by atoms with van der Waals surface area (Å²) in [6.07, 6.45) is 5.12. The summed E-state index contributed by atoms with van der Waals surface area (Å²) in [6.45, 7) is 0. The molecule has 0 atom stereocenters. The lowest BCUT2D eigenvalue weighted by atomic mass is 10.0. The Balaban J connectivity index is 1.67. The maximum Gasteiger partial charge on any atom is 0.163 e. The summed E-state index contributed by atoms with van der Waals surface area (Å²) in [6, 6.07) is 8.62. The minimum Gasteiger partial charge on any atom is -0.345 e. The van der Waals surface area contributed by atoms with Crippen molar-refractivity contribution in [2.75, 3.05) is 0 Å². The third-order valence-corrected chi connectivity index (χ3v) is 3.32. The third kappa shape index (κ3) is 2.86. The van der Waals surface area contributed by atoms with E-state index >= 15 is 0 Å². The van der Waals surface area contributed by atoms with Crippen LogP contribution in [0.25, 0.3) is 11.0 Å². The van der Waals surface area contributed by atoms with Crippen molar-refractivity contribution in [3.8, 4) is 0 Å². The molecule has 1 N–H and O–H groups in total. The lowest BCUT2D eigenvalue weighted by molar-refractivity contribution is 0.0917. The molecular weight excluding hydrogens is 266 g/mol. The van der Waals surface area contributed by atoms with Crippen molar-refractivity contribution in [3.05, 3.63) is 60.2 Å². The quantitative estimate of drug-likeness (QED) is 0.729. The first-order valence-electron chi connectivity index (χ1n) is 6.63. The predicted octanol–water partition coefficient (Wildman–Crippen LogP) is 2.80. The predicted molar refractivity (Wildman–Crippen MR) is 78.2 cm³/mol. The van der Waals surface area contributed by atoms with Gasteiger partial charge in [-0.15, -0.1) is 0 Å². The van der Waals surface area contributed by atoms with Gasteiger partial charge < -0.3 is 4.98 Å². The van der Waals surface area contributed by atoms with E-state index in [1.54, 1.807) is 43.0 Å². The molecule has 0 aliphatic heterocycles. The average Bonchev–Trinajstić information content (AvgIpc) is 3.00. The van der Waals surface area contributed by atoms with E-state index in [0.29, 0.717) is 11.1 Å². The van der Waals surface area contributed by atoms with Crippen molar-refractivity contribution in [3.63, 3.8) is 0 Å². The number of H-pyrrole nitrogens is 1. The van der Waals surface area contributed by atoms with Gasteiger partial charge in [0.2, 0.25) is 0 Å². The van der Waals surface area contributed by atoms with E-state index in [2.05, 4.69) is 15.0 Å². The van der Waals surface area contributed by atoms with Crippen molar-refractivity contribution in [1.29, 1.82) is 0 Å². The highest BCUT2D eigenvalue weighted by atomic mass is 16.1. The average molecular weight is 279 g/mol. The number of aromatic amines is 1. The standard InChI is InChI=1S/C16H13N3O2/c20-15(11-5-7-17-8-6-11)3-4-16(21)12-1-2-13-14(9-12)19-10-18-13/h1-2,5-10H,3-4H2,(H,18,19). The second-order valence-corrected chi connectivity index (χ2v) is 4.72. The molecule has 3 rings (SSSR count). The van der Waals surface area contributed by atoms with Gasteiger partial charge in [0.25, 0.3) is 0 Å². The molecule has 0 aliphatic rings. The molecule has 0 fully saturated rings. The third-order valence-electron chi connectivity index (χ3n) is 3.32. The number of imidazole rings is 1. The molecule has 0 unspecified atom stereocenters. The summed E-state index contributed by atoms with van der Waals surface area (Å²) in [4.78, 5) is 35.1. The van der Waals surface area contributed by atoms with Crippen LogP contribution in [0, 0.1) is 0 Å². The zero-order chi connectivity index (χ0) is 14.7. The zero-order valence-corrected chi connectivity index (χ0v) is 11.2. The number of fused-ring (bicyclic) bond motifs is 1. The van der Waals surface area contributed by atoms with E-state index in [-0.39, 0.29) is 24.4 Å². The second kappa shape index (κ2) is 5.66. The number of nitrogens with one attached hydrogen (secondary N) is 1. The van der Waals surface area contributed by atoms with Crippen LogP contribution in [0.4, 0.5) is 0 Å². The van der Waals surface area contributed by atoms with Crippen LogP contribution in [0.3, 0.4) is 0 Å². The molecule has 0 saturated carbocycles. The van der Waals surface area contributed by atoms with Gasteiger partial charge in [0, 0.05) is 36.4 Å². The van der Waals surface area contributed by atoms with Crippen LogP contribution < -0.4 is 0 Å². The number of Topliss-reactive ketones (excluding diaryl/α,β-unsaturated/α-hetero) is 2. The highest BCUT2D eigenvalue weighted by Gasteiger charge is 2.11. The van der Waals surface area contributed by atoms with Crippen LogP contribution >= 0.6 is 0 Å². The molecule has 1 aromatic carbocycles. The number of carbonyl (C=O) groups is 2. The number of rotatable bonds is 5. The molecule has 0 aliphatic carbocycles. The highest BCUT2D eigenvalue weighted by Crippen LogP contribution is 2.14. The number of benzene rings is 1. The van der Waals surface area contributed by atoms with Gasteiger partial charge in [-0.2, -0.15) is 0 Å². The molecule has 2 heterocycles. The minimum absolute atomic E-state index is 0.0494. The fraction of sp³-hybridized carbons (Fsp3) is 0.125. The number of carbonyl (C=O) groups excluding carboxylic acids is 2. The molecule has 21 heavy (non-hydrogen) atoms. The Hall–Kier alpha value is -2.82. The number of hydrogen-bond donors (Lipinski definition) is 1. The molecule has 0 bridgehead atoms. The molecular formula is C16H13N3O2. The van der Waals surface area contributed by atoms with Crippen LogP contribution in [0.1, 0.15) is 33.6 Å². The SMILES string of the molecule is O=C(CCC(=O)c1ccc2[nH]cnc2c1)c1ccncc1. The van der Waals surface area contributed by atoms with Gasteiger partial charge in [-0.3, -0.25) is 14.6 Å². The van der Waals surface area contributed by atoms with Crippen LogP contribution in [0.5, 0.6) is 0 Å². The minimum atomic E-state index is -0.0534. The van der Waals surface area contributed by atoms with Gasteiger partial charge in [0.1, 0.15) is 0 Å². The molecule has 0 amide bonds. The summed E-state index contributed by atoms with van der Waals surface area (Å²) in [7, 11) is 0. The Bertz CT molecular complexity index is 793. The largest absolute Gasteiger partial charge is 0.345 e. The Labute approximate surface area is 121 Å². The summed E-state index contributed by atoms with van der Waals surface area (Å²) in [5.74, 6) is -0.103. The van der Waals surface area contributed by atoms with E-state index < -0.39 is 0 Å². The van der Waals surface area contributed by atoms with Gasteiger partial charge in [0.15, 0.2) is 11.6 Å². The second-order valence-electron chi connectivity index (χ2n) is 4.72. The Morgan fingerprint density at radius 1 is 0.952 bits per heavy atom. The molecule has 2 aromatic heterocycles. The molecule has 5 heteroatoms. The van der Waals surface area contributed by atoms with Crippen molar-refractivity contribution >= 4 is 22.6 Å². The number of nitrogens with zero attached hydrogens (tertiary/aromatic N) is 2. The first-order valence-corrected chi connectivity index (χ1v) is 6.63. The van der Waals surface area contributed by atoms with Gasteiger partial charge in [-0.1, -0.05) is 0 Å². The Kier molecular flexibility index (Phi) is 3.55. The van der Waals surface area contributed by atoms with Crippen molar-refractivity contribution in [2.45, 2.75) is 12.8 Å². The van der Waals surface area contributed by atoms with Crippen molar-refractivity contribution in [1.82, 2.24) is 15.0 Å². The van der Waals surface area contributed by atoms with Crippen LogP contribution in [0.2, 0.25) is 0 Å². The number of pyridine rings is 1. The number of aromatic nitrogens is 3. The fourth-order valence-corrected chi connectivity index (χ4v) is 2.16. The van der Waals surface area contributed by atoms with Crippen LogP contribution in [0.15, 0.2) is 49.1 Å². The van der Waals surface area contributed by atoms with Gasteiger partial charge in [-0.05, 0) is 30.3 Å². The van der Waals surface area contributed by atoms with Crippen LogP contribution in [-0.2, 0) is 0 Å². The van der Waals surface area contributed by atoms with Gasteiger partial charge in [-0.25, -0.2) is 4.98 Å². The summed E-state index contributed by atoms with van der Waals surface area (Å²) >= 11 is 0. The van der Waals surface area contributed by atoms with E-state index in [4.69, 9.17) is 0 Å². The molecule has 5 nitrogen and oxygen atoms in total. The van der Waals surface area contributed by atoms with Crippen molar-refractivity contribution < 1.29 is 9.59 Å². The first-order chi connectivity index (χ1) is 10.2. The highest BCUT2D eigenvalue weighted by molar-refractivity contribution is 6.03. The molecule has 104 valence electrons. The van der Waals surface area contributed by atoms with E-state index in [9.17, 15) is 9.59 Å². The van der Waals surface area contributed by atoms with Gasteiger partial charge in [0.05, 0.1) is 17.4 Å². The summed E-state index contributed by atoms with van der Waals surface area (Å²) in [5, 5.41) is 0. The smallest absolute Gasteiger partial charge is 0.163 e. The fourth-order valence-electron chi connectivity index (χ4n) is 2.16. The molecule has 3 aromatic rings. The monoisotopic (exact) mass is 279 g/mol. The Morgan fingerprint density at radius 3 is 2.43 bits per heavy atom. The summed E-state index contributed by atoms with van der Waals surface area (Å²) < 4.78 is 0. The summed E-state index contributed by atoms with van der Waals surface area (Å²) in [5.41, 5.74) is 2.80. The maximum atomic E-state index is 12.1. The molecule has 0 spiro atoms. The lowest BCUT2D eigenvalue weighted by Gasteiger charge is -2.02. The first kappa shape index (κ1) is 13.2. The number of ketones is 2. The topological polar surface area (TPSA) is 75.7 Å².